The van der Waals surface area contributed by atoms with E-state index < -0.39 is 17.6 Å². The molecule has 0 fully saturated rings. The number of fused-ring (bicyclic) bond motifs is 1. The van der Waals surface area contributed by atoms with E-state index in [1.54, 1.807) is 0 Å². The molecule has 0 bridgehead atoms. The Morgan fingerprint density at radius 1 is 1.33 bits per heavy atom. The summed E-state index contributed by atoms with van der Waals surface area (Å²) in [5.41, 5.74) is 1.29. The molecule has 0 aliphatic carbocycles. The standard InChI is InChI=1S/C16H21NO4/c1-16(2,3)21-15(20)14-12-7-5-4-6-10(12)8-11(17-14)9-13(18)19/h4-7,11,14,17H,8-9H2,1-3H3,(H,18,19)/t11?,14-/m0/s1. The molecule has 1 aliphatic heterocycles. The Hall–Kier alpha value is -1.88. The van der Waals surface area contributed by atoms with Gasteiger partial charge < -0.3 is 9.84 Å². The first-order valence-corrected chi connectivity index (χ1v) is 7.05. The van der Waals surface area contributed by atoms with Gasteiger partial charge in [0.25, 0.3) is 0 Å². The van der Waals surface area contributed by atoms with Gasteiger partial charge in [0.1, 0.15) is 11.6 Å². The molecule has 0 radical (unpaired) electrons. The van der Waals surface area contributed by atoms with E-state index in [0.29, 0.717) is 6.42 Å². The molecule has 0 spiro atoms. The van der Waals surface area contributed by atoms with Crippen LogP contribution in [0.1, 0.15) is 44.4 Å². The number of carboxylic acid groups (broad SMARTS) is 1. The molecule has 114 valence electrons. The van der Waals surface area contributed by atoms with Gasteiger partial charge in [0, 0.05) is 6.04 Å². The van der Waals surface area contributed by atoms with Gasteiger partial charge in [0.05, 0.1) is 6.42 Å². The Balaban J connectivity index is 2.26. The summed E-state index contributed by atoms with van der Waals surface area (Å²) in [4.78, 5) is 23.3. The smallest absolute Gasteiger partial charge is 0.328 e. The van der Waals surface area contributed by atoms with Crippen molar-refractivity contribution in [3.05, 3.63) is 35.4 Å². The Labute approximate surface area is 124 Å². The van der Waals surface area contributed by atoms with Crippen molar-refractivity contribution >= 4 is 11.9 Å². The lowest BCUT2D eigenvalue weighted by Crippen LogP contribution is -2.45. The molecule has 0 aromatic heterocycles. The molecule has 1 heterocycles. The second-order valence-electron chi connectivity index (χ2n) is 6.33. The molecule has 5 heteroatoms. The monoisotopic (exact) mass is 291 g/mol. The highest BCUT2D eigenvalue weighted by molar-refractivity contribution is 5.79. The summed E-state index contributed by atoms with van der Waals surface area (Å²) in [6.45, 7) is 5.44. The summed E-state index contributed by atoms with van der Waals surface area (Å²) in [6.07, 6.45) is 0.579. The van der Waals surface area contributed by atoms with E-state index in [2.05, 4.69) is 5.32 Å². The minimum atomic E-state index is -0.880. The van der Waals surface area contributed by atoms with E-state index in [0.717, 1.165) is 11.1 Å². The van der Waals surface area contributed by atoms with Crippen LogP contribution in [0.2, 0.25) is 0 Å². The number of carbonyl (C=O) groups excluding carboxylic acids is 1. The van der Waals surface area contributed by atoms with Crippen LogP contribution in [0.25, 0.3) is 0 Å². The Bertz CT molecular complexity index is 547. The van der Waals surface area contributed by atoms with Crippen molar-refractivity contribution in [3.63, 3.8) is 0 Å². The second-order valence-corrected chi connectivity index (χ2v) is 6.33. The minimum Gasteiger partial charge on any atom is -0.481 e. The molecule has 2 atom stereocenters. The first-order chi connectivity index (χ1) is 9.76. The summed E-state index contributed by atoms with van der Waals surface area (Å²) in [5, 5.41) is 12.1. The summed E-state index contributed by atoms with van der Waals surface area (Å²) in [7, 11) is 0. The predicted molar refractivity (Wildman–Crippen MR) is 77.9 cm³/mol. The van der Waals surface area contributed by atoms with Crippen molar-refractivity contribution in [2.24, 2.45) is 0 Å². The number of esters is 1. The summed E-state index contributed by atoms with van der Waals surface area (Å²) < 4.78 is 5.44. The highest BCUT2D eigenvalue weighted by Gasteiger charge is 2.34. The molecule has 1 unspecified atom stereocenters. The summed E-state index contributed by atoms with van der Waals surface area (Å²) >= 11 is 0. The predicted octanol–water partition coefficient (Wildman–Crippen LogP) is 2.06. The van der Waals surface area contributed by atoms with Gasteiger partial charge in [-0.15, -0.1) is 0 Å². The minimum absolute atomic E-state index is 0.0202. The van der Waals surface area contributed by atoms with Gasteiger partial charge >= 0.3 is 11.9 Å². The van der Waals surface area contributed by atoms with Crippen LogP contribution in [0.4, 0.5) is 0 Å². The zero-order chi connectivity index (χ0) is 15.6. The van der Waals surface area contributed by atoms with Gasteiger partial charge in [0.2, 0.25) is 0 Å². The molecule has 5 nitrogen and oxygen atoms in total. The van der Waals surface area contributed by atoms with Crippen LogP contribution in [0, 0.1) is 0 Å². The summed E-state index contributed by atoms with van der Waals surface area (Å²) in [5.74, 6) is -1.25. The van der Waals surface area contributed by atoms with E-state index >= 15 is 0 Å². The van der Waals surface area contributed by atoms with Crippen molar-refractivity contribution in [1.82, 2.24) is 5.32 Å². The third kappa shape index (κ3) is 4.04. The zero-order valence-electron chi connectivity index (χ0n) is 12.6. The highest BCUT2D eigenvalue weighted by Crippen LogP contribution is 2.28. The fraction of sp³-hybridized carbons (Fsp3) is 0.500. The number of aliphatic carboxylic acids is 1. The van der Waals surface area contributed by atoms with Crippen LogP contribution in [0.5, 0.6) is 0 Å². The normalized spacial score (nSPS) is 21.5. The maximum absolute atomic E-state index is 12.4. The number of carboxylic acids is 1. The molecule has 2 rings (SSSR count). The zero-order valence-corrected chi connectivity index (χ0v) is 12.6. The van der Waals surface area contributed by atoms with Crippen LogP contribution in [-0.4, -0.2) is 28.7 Å². The number of hydrogen-bond donors (Lipinski definition) is 2. The Morgan fingerprint density at radius 3 is 2.62 bits per heavy atom. The Morgan fingerprint density at radius 2 is 2.00 bits per heavy atom. The quantitative estimate of drug-likeness (QED) is 0.834. The fourth-order valence-electron chi connectivity index (χ4n) is 2.55. The topological polar surface area (TPSA) is 75.6 Å². The van der Waals surface area contributed by atoms with E-state index in [1.807, 2.05) is 45.0 Å². The van der Waals surface area contributed by atoms with Crippen LogP contribution in [-0.2, 0) is 20.7 Å². The Kier molecular flexibility index (Phi) is 4.32. The van der Waals surface area contributed by atoms with Crippen molar-refractivity contribution in [2.45, 2.75) is 51.3 Å². The average molecular weight is 291 g/mol. The van der Waals surface area contributed by atoms with E-state index in [1.165, 1.54) is 0 Å². The van der Waals surface area contributed by atoms with Gasteiger partial charge in [-0.2, -0.15) is 0 Å². The van der Waals surface area contributed by atoms with Gasteiger partial charge in [-0.25, -0.2) is 4.79 Å². The van der Waals surface area contributed by atoms with Crippen LogP contribution >= 0.6 is 0 Å². The number of nitrogens with one attached hydrogen (secondary N) is 1. The molecule has 0 saturated heterocycles. The van der Waals surface area contributed by atoms with Crippen LogP contribution in [0.15, 0.2) is 24.3 Å². The lowest BCUT2D eigenvalue weighted by molar-refractivity contribution is -0.158. The summed E-state index contributed by atoms with van der Waals surface area (Å²) in [6, 6.07) is 6.70. The van der Waals surface area contributed by atoms with Gasteiger partial charge in [-0.05, 0) is 38.3 Å². The highest BCUT2D eigenvalue weighted by atomic mass is 16.6. The molecule has 21 heavy (non-hydrogen) atoms. The number of ether oxygens (including phenoxy) is 1. The van der Waals surface area contributed by atoms with Gasteiger partial charge in [-0.1, -0.05) is 24.3 Å². The maximum atomic E-state index is 12.4. The van der Waals surface area contributed by atoms with E-state index in [-0.39, 0.29) is 18.4 Å². The van der Waals surface area contributed by atoms with Crippen molar-refractivity contribution in [3.8, 4) is 0 Å². The SMILES string of the molecule is CC(C)(C)OC(=O)[C@H]1NC(CC(=O)O)Cc2ccccc21. The van der Waals surface area contributed by atoms with Crippen molar-refractivity contribution < 1.29 is 19.4 Å². The van der Waals surface area contributed by atoms with Gasteiger partial charge in [0.15, 0.2) is 0 Å². The average Bonchev–Trinajstić information content (AvgIpc) is 2.35. The second kappa shape index (κ2) is 5.85. The van der Waals surface area contributed by atoms with E-state index in [9.17, 15) is 9.59 Å². The first kappa shape index (κ1) is 15.5. The maximum Gasteiger partial charge on any atom is 0.328 e. The largest absolute Gasteiger partial charge is 0.481 e. The number of hydrogen-bond acceptors (Lipinski definition) is 4. The molecular weight excluding hydrogens is 270 g/mol. The molecule has 2 N–H and O–H groups in total. The number of rotatable bonds is 3. The van der Waals surface area contributed by atoms with Crippen molar-refractivity contribution in [1.29, 1.82) is 0 Å². The fourth-order valence-corrected chi connectivity index (χ4v) is 2.55. The van der Waals surface area contributed by atoms with Crippen molar-refractivity contribution in [2.75, 3.05) is 0 Å². The molecule has 1 aromatic rings. The molecule has 0 amide bonds. The lowest BCUT2D eigenvalue weighted by atomic mass is 9.89. The number of carbonyl (C=O) groups is 2. The first-order valence-electron chi connectivity index (χ1n) is 7.05. The van der Waals surface area contributed by atoms with Gasteiger partial charge in [-0.3, -0.25) is 10.1 Å². The van der Waals surface area contributed by atoms with Crippen LogP contribution in [0.3, 0.4) is 0 Å². The third-order valence-electron chi connectivity index (χ3n) is 3.30. The lowest BCUT2D eigenvalue weighted by Gasteiger charge is -2.33. The molecule has 0 saturated carbocycles. The third-order valence-corrected chi connectivity index (χ3v) is 3.30. The molecule has 1 aliphatic rings. The van der Waals surface area contributed by atoms with Crippen LogP contribution < -0.4 is 5.32 Å². The molecule has 1 aromatic carbocycles. The number of benzene rings is 1. The van der Waals surface area contributed by atoms with E-state index in [4.69, 9.17) is 9.84 Å². The molecular formula is C16H21NO4.